The Morgan fingerprint density at radius 1 is 1.12 bits per heavy atom. The second kappa shape index (κ2) is 11.3. The molecule has 1 heterocycles. The molecule has 0 spiro atoms. The molecule has 0 aliphatic carbocycles. The van der Waals surface area contributed by atoms with Crippen LogP contribution >= 0.6 is 0 Å². The molecule has 1 fully saturated rings. The first-order valence-corrected chi connectivity index (χ1v) is 11.1. The van der Waals surface area contributed by atoms with Gasteiger partial charge in [0.25, 0.3) is 5.91 Å². The van der Waals surface area contributed by atoms with Crippen LogP contribution in [0.25, 0.3) is 0 Å². The standard InChI is InChI=1S/C25H30N4O3/c1-18-4-7-22(16-23(18)28-25(32)27-12-2-3-15-30)24(31)29-13-10-21(11-14-29)20-8-5-19(17-26)6-9-20/h4-9,16,21,30H,2-3,10-15H2,1H3,(H2,27,28,32). The summed E-state index contributed by atoms with van der Waals surface area (Å²) in [4.78, 5) is 27.0. The van der Waals surface area contributed by atoms with Crippen molar-refractivity contribution in [3.8, 4) is 6.07 Å². The van der Waals surface area contributed by atoms with E-state index in [1.165, 1.54) is 5.56 Å². The Morgan fingerprint density at radius 3 is 2.50 bits per heavy atom. The maximum atomic E-state index is 13.1. The number of benzene rings is 2. The first-order valence-electron chi connectivity index (χ1n) is 11.1. The number of carbonyl (C=O) groups excluding carboxylic acids is 2. The summed E-state index contributed by atoms with van der Waals surface area (Å²) < 4.78 is 0. The highest BCUT2D eigenvalue weighted by atomic mass is 16.3. The van der Waals surface area contributed by atoms with E-state index in [1.54, 1.807) is 12.1 Å². The highest BCUT2D eigenvalue weighted by Gasteiger charge is 2.25. The molecule has 0 bridgehead atoms. The van der Waals surface area contributed by atoms with E-state index in [-0.39, 0.29) is 18.5 Å². The van der Waals surface area contributed by atoms with Gasteiger partial charge in [-0.1, -0.05) is 18.2 Å². The third-order valence-electron chi connectivity index (χ3n) is 5.90. The van der Waals surface area contributed by atoms with Crippen LogP contribution in [0.2, 0.25) is 0 Å². The SMILES string of the molecule is Cc1ccc(C(=O)N2CCC(c3ccc(C#N)cc3)CC2)cc1NC(=O)NCCCCO. The summed E-state index contributed by atoms with van der Waals surface area (Å²) in [5.74, 6) is 0.353. The van der Waals surface area contributed by atoms with Gasteiger partial charge in [0.2, 0.25) is 0 Å². The van der Waals surface area contributed by atoms with E-state index in [1.807, 2.05) is 42.2 Å². The molecule has 0 aromatic heterocycles. The summed E-state index contributed by atoms with van der Waals surface area (Å²) >= 11 is 0. The van der Waals surface area contributed by atoms with Crippen LogP contribution in [-0.2, 0) is 0 Å². The maximum absolute atomic E-state index is 13.1. The third kappa shape index (κ3) is 6.08. The number of nitrogens with one attached hydrogen (secondary N) is 2. The van der Waals surface area contributed by atoms with Crippen LogP contribution in [0.4, 0.5) is 10.5 Å². The second-order valence-corrected chi connectivity index (χ2v) is 8.14. The Hall–Kier alpha value is -3.37. The fourth-order valence-corrected chi connectivity index (χ4v) is 3.92. The van der Waals surface area contributed by atoms with Crippen molar-refractivity contribution in [3.63, 3.8) is 0 Å². The van der Waals surface area contributed by atoms with Gasteiger partial charge in [-0.15, -0.1) is 0 Å². The molecule has 1 saturated heterocycles. The molecule has 2 aromatic rings. The average Bonchev–Trinajstić information content (AvgIpc) is 2.83. The number of aryl methyl sites for hydroxylation is 1. The minimum Gasteiger partial charge on any atom is -0.396 e. The number of anilines is 1. The molecule has 3 amide bonds. The van der Waals surface area contributed by atoms with Crippen LogP contribution in [0, 0.1) is 18.3 Å². The van der Waals surface area contributed by atoms with Gasteiger partial charge in [0.1, 0.15) is 0 Å². The molecule has 7 nitrogen and oxygen atoms in total. The molecule has 0 radical (unpaired) electrons. The molecule has 32 heavy (non-hydrogen) atoms. The van der Waals surface area contributed by atoms with Crippen LogP contribution < -0.4 is 10.6 Å². The lowest BCUT2D eigenvalue weighted by Gasteiger charge is -2.32. The first kappa shape index (κ1) is 23.3. The van der Waals surface area contributed by atoms with Crippen molar-refractivity contribution in [2.45, 2.75) is 38.5 Å². The number of carbonyl (C=O) groups is 2. The van der Waals surface area contributed by atoms with E-state index in [0.717, 1.165) is 18.4 Å². The topological polar surface area (TPSA) is 105 Å². The number of piperidine rings is 1. The summed E-state index contributed by atoms with van der Waals surface area (Å²) in [6, 6.07) is 14.9. The molecule has 2 aromatic carbocycles. The van der Waals surface area contributed by atoms with Crippen molar-refractivity contribution < 1.29 is 14.7 Å². The van der Waals surface area contributed by atoms with Crippen LogP contribution in [0.15, 0.2) is 42.5 Å². The molecule has 0 saturated carbocycles. The van der Waals surface area contributed by atoms with Gasteiger partial charge in [0, 0.05) is 37.5 Å². The predicted octanol–water partition coefficient (Wildman–Crippen LogP) is 3.78. The zero-order chi connectivity index (χ0) is 22.9. The molecule has 0 atom stereocenters. The van der Waals surface area contributed by atoms with E-state index in [0.29, 0.717) is 55.2 Å². The summed E-state index contributed by atoms with van der Waals surface area (Å²) in [5.41, 5.74) is 3.92. The van der Waals surface area contributed by atoms with Gasteiger partial charge in [-0.05, 0) is 73.9 Å². The second-order valence-electron chi connectivity index (χ2n) is 8.14. The number of unbranched alkanes of at least 4 members (excludes halogenated alkanes) is 1. The lowest BCUT2D eigenvalue weighted by Crippen LogP contribution is -2.38. The number of rotatable bonds is 7. The Kier molecular flexibility index (Phi) is 8.23. The number of nitriles is 1. The van der Waals surface area contributed by atoms with Crippen molar-refractivity contribution in [2.24, 2.45) is 0 Å². The normalized spacial score (nSPS) is 14.0. The molecule has 1 aliphatic heterocycles. The van der Waals surface area contributed by atoms with Gasteiger partial charge < -0.3 is 20.6 Å². The minimum atomic E-state index is -0.320. The Balaban J connectivity index is 1.57. The Labute approximate surface area is 189 Å². The Morgan fingerprint density at radius 2 is 1.84 bits per heavy atom. The molecule has 0 unspecified atom stereocenters. The predicted molar refractivity (Wildman–Crippen MR) is 124 cm³/mol. The number of hydrogen-bond donors (Lipinski definition) is 3. The van der Waals surface area contributed by atoms with Crippen LogP contribution in [0.5, 0.6) is 0 Å². The van der Waals surface area contributed by atoms with Gasteiger partial charge in [-0.2, -0.15) is 5.26 Å². The minimum absolute atomic E-state index is 0.0327. The average molecular weight is 435 g/mol. The number of aliphatic hydroxyl groups is 1. The smallest absolute Gasteiger partial charge is 0.319 e. The number of amides is 3. The quantitative estimate of drug-likeness (QED) is 0.577. The van der Waals surface area contributed by atoms with Crippen LogP contribution in [0.1, 0.15) is 58.6 Å². The molecule has 3 N–H and O–H groups in total. The molecule has 3 rings (SSSR count). The number of urea groups is 1. The highest BCUT2D eigenvalue weighted by Crippen LogP contribution is 2.29. The van der Waals surface area contributed by atoms with Crippen LogP contribution in [0.3, 0.4) is 0 Å². The van der Waals surface area contributed by atoms with Gasteiger partial charge in [-0.25, -0.2) is 4.79 Å². The van der Waals surface area contributed by atoms with Crippen molar-refractivity contribution >= 4 is 17.6 Å². The molecule has 7 heteroatoms. The van der Waals surface area contributed by atoms with E-state index in [9.17, 15) is 9.59 Å². The number of aliphatic hydroxyl groups excluding tert-OH is 1. The zero-order valence-corrected chi connectivity index (χ0v) is 18.4. The number of hydrogen-bond acceptors (Lipinski definition) is 4. The fourth-order valence-electron chi connectivity index (χ4n) is 3.92. The lowest BCUT2D eigenvalue weighted by molar-refractivity contribution is 0.0713. The monoisotopic (exact) mass is 434 g/mol. The molecule has 1 aliphatic rings. The summed E-state index contributed by atoms with van der Waals surface area (Å²) in [6.07, 6.45) is 3.11. The van der Waals surface area contributed by atoms with E-state index in [4.69, 9.17) is 10.4 Å². The van der Waals surface area contributed by atoms with E-state index < -0.39 is 0 Å². The van der Waals surface area contributed by atoms with Gasteiger partial charge in [-0.3, -0.25) is 4.79 Å². The third-order valence-corrected chi connectivity index (χ3v) is 5.90. The van der Waals surface area contributed by atoms with Gasteiger partial charge in [0.15, 0.2) is 0 Å². The van der Waals surface area contributed by atoms with Gasteiger partial charge >= 0.3 is 6.03 Å². The zero-order valence-electron chi connectivity index (χ0n) is 18.4. The van der Waals surface area contributed by atoms with Gasteiger partial charge in [0.05, 0.1) is 11.6 Å². The summed E-state index contributed by atoms with van der Waals surface area (Å²) in [5, 5.41) is 23.3. The van der Waals surface area contributed by atoms with Crippen LogP contribution in [-0.4, -0.2) is 48.2 Å². The Bertz CT molecular complexity index is 974. The summed E-state index contributed by atoms with van der Waals surface area (Å²) in [7, 11) is 0. The first-order chi connectivity index (χ1) is 15.5. The van der Waals surface area contributed by atoms with Crippen molar-refractivity contribution in [1.29, 1.82) is 5.26 Å². The highest BCUT2D eigenvalue weighted by molar-refractivity contribution is 5.97. The number of likely N-dealkylation sites (tertiary alicyclic amines) is 1. The van der Waals surface area contributed by atoms with Crippen molar-refractivity contribution in [3.05, 3.63) is 64.7 Å². The maximum Gasteiger partial charge on any atom is 0.319 e. The fraction of sp³-hybridized carbons (Fsp3) is 0.400. The largest absolute Gasteiger partial charge is 0.396 e. The number of nitrogens with zero attached hydrogens (tertiary/aromatic N) is 2. The van der Waals surface area contributed by atoms with E-state index >= 15 is 0 Å². The van der Waals surface area contributed by atoms with Crippen molar-refractivity contribution in [1.82, 2.24) is 10.2 Å². The van der Waals surface area contributed by atoms with E-state index in [2.05, 4.69) is 16.7 Å². The van der Waals surface area contributed by atoms with Crippen molar-refractivity contribution in [2.75, 3.05) is 31.6 Å². The summed E-state index contributed by atoms with van der Waals surface area (Å²) in [6.45, 7) is 3.82. The molecule has 168 valence electrons. The molecular formula is C25H30N4O3. The lowest BCUT2D eigenvalue weighted by atomic mass is 9.89. The molecular weight excluding hydrogens is 404 g/mol.